The second kappa shape index (κ2) is 7.60. The summed E-state index contributed by atoms with van der Waals surface area (Å²) in [6.45, 7) is 0. The van der Waals surface area contributed by atoms with Crippen LogP contribution >= 0.6 is 45.2 Å². The van der Waals surface area contributed by atoms with Gasteiger partial charge in [-0.2, -0.15) is 0 Å². The minimum atomic E-state index is 0.0600. The van der Waals surface area contributed by atoms with Crippen molar-refractivity contribution in [2.24, 2.45) is 14.1 Å². The molecular weight excluding hydrogens is 598 g/mol. The largest absolute Gasteiger partial charge is 0.506 e. The number of hydrogen-bond donors (Lipinski definition) is 1. The molecule has 0 unspecified atom stereocenters. The molecule has 2 heterocycles. The Morgan fingerprint density at radius 2 is 1.17 bits per heavy atom. The van der Waals surface area contributed by atoms with Crippen LogP contribution in [0.3, 0.4) is 0 Å². The molecule has 0 saturated heterocycles. The van der Waals surface area contributed by atoms with Gasteiger partial charge in [0.1, 0.15) is 5.75 Å². The van der Waals surface area contributed by atoms with E-state index in [0.717, 1.165) is 7.14 Å². The third-order valence-electron chi connectivity index (χ3n) is 5.85. The number of aromatic nitrogens is 2. The fourth-order valence-electron chi connectivity index (χ4n) is 4.48. The lowest BCUT2D eigenvalue weighted by Crippen LogP contribution is -2.04. The first kappa shape index (κ1) is 19.9. The molecule has 0 fully saturated rings. The van der Waals surface area contributed by atoms with E-state index in [1.54, 1.807) is 0 Å². The fraction of sp³-hybridized carbons (Fsp3) is 0.120. The zero-order chi connectivity index (χ0) is 21.0. The summed E-state index contributed by atoms with van der Waals surface area (Å²) in [4.78, 5) is 0. The normalized spacial score (nSPS) is 11.8. The number of rotatable bonds is 3. The van der Waals surface area contributed by atoms with Gasteiger partial charge in [-0.1, -0.05) is 36.4 Å². The summed E-state index contributed by atoms with van der Waals surface area (Å²) in [6, 6.07) is 21.4. The third-order valence-corrected chi connectivity index (χ3v) is 7.49. The third kappa shape index (κ3) is 3.13. The van der Waals surface area contributed by atoms with Crippen molar-refractivity contribution in [3.63, 3.8) is 0 Å². The predicted octanol–water partition coefficient (Wildman–Crippen LogP) is 6.77. The first-order valence-electron chi connectivity index (χ1n) is 9.71. The van der Waals surface area contributed by atoms with E-state index >= 15 is 0 Å². The molecule has 0 atom stereocenters. The van der Waals surface area contributed by atoms with Gasteiger partial charge in [0.05, 0.1) is 7.14 Å². The lowest BCUT2D eigenvalue weighted by molar-refractivity contribution is 0.467. The Morgan fingerprint density at radius 3 is 1.63 bits per heavy atom. The average Bonchev–Trinajstić information content (AvgIpc) is 3.25. The molecule has 3 nitrogen and oxygen atoms in total. The first-order valence-corrected chi connectivity index (χ1v) is 11.9. The Labute approximate surface area is 202 Å². The van der Waals surface area contributed by atoms with Crippen LogP contribution in [0.25, 0.3) is 21.8 Å². The molecule has 0 radical (unpaired) electrons. The lowest BCUT2D eigenvalue weighted by Gasteiger charge is -2.19. The summed E-state index contributed by atoms with van der Waals surface area (Å²) < 4.78 is 6.16. The molecule has 0 saturated carbocycles. The quantitative estimate of drug-likeness (QED) is 0.223. The van der Waals surface area contributed by atoms with Crippen molar-refractivity contribution in [2.45, 2.75) is 5.92 Å². The first-order chi connectivity index (χ1) is 14.5. The van der Waals surface area contributed by atoms with E-state index < -0.39 is 0 Å². The monoisotopic (exact) mass is 618 g/mol. The van der Waals surface area contributed by atoms with Gasteiger partial charge in [-0.3, -0.25) is 0 Å². The Morgan fingerprint density at radius 1 is 0.733 bits per heavy atom. The summed E-state index contributed by atoms with van der Waals surface area (Å²) >= 11 is 4.46. The SMILES string of the molecule is Cn1cc(C(c2cc(I)c(O)c(I)c2)c2cn(C)c3ccccc23)c2ccccc21. The maximum atomic E-state index is 10.4. The minimum Gasteiger partial charge on any atom is -0.506 e. The molecule has 30 heavy (non-hydrogen) atoms. The summed E-state index contributed by atoms with van der Waals surface area (Å²) in [5.41, 5.74) is 6.19. The van der Waals surface area contributed by atoms with Crippen LogP contribution in [0.15, 0.2) is 73.1 Å². The lowest BCUT2D eigenvalue weighted by atomic mass is 9.85. The fourth-order valence-corrected chi connectivity index (χ4v) is 6.30. The number of hydrogen-bond acceptors (Lipinski definition) is 1. The minimum absolute atomic E-state index is 0.0600. The van der Waals surface area contributed by atoms with Crippen LogP contribution in [0.1, 0.15) is 22.6 Å². The highest BCUT2D eigenvalue weighted by Crippen LogP contribution is 2.42. The van der Waals surface area contributed by atoms with E-state index in [1.807, 2.05) is 0 Å². The molecule has 0 aliphatic carbocycles. The van der Waals surface area contributed by atoms with Gasteiger partial charge in [-0.05, 0) is 86.1 Å². The second-order valence-electron chi connectivity index (χ2n) is 7.69. The maximum absolute atomic E-state index is 10.4. The summed E-state index contributed by atoms with van der Waals surface area (Å²) in [7, 11) is 4.21. The zero-order valence-corrected chi connectivity index (χ0v) is 20.9. The van der Waals surface area contributed by atoms with Gasteiger partial charge in [0.25, 0.3) is 0 Å². The van der Waals surface area contributed by atoms with Crippen LogP contribution in [0, 0.1) is 7.14 Å². The van der Waals surface area contributed by atoms with Gasteiger partial charge < -0.3 is 14.2 Å². The highest BCUT2D eigenvalue weighted by atomic mass is 127. The summed E-state index contributed by atoms with van der Waals surface area (Å²) in [5, 5.41) is 12.9. The number of fused-ring (bicyclic) bond motifs is 2. The van der Waals surface area contributed by atoms with Crippen molar-refractivity contribution in [1.82, 2.24) is 9.13 Å². The zero-order valence-electron chi connectivity index (χ0n) is 16.6. The molecule has 0 bridgehead atoms. The van der Waals surface area contributed by atoms with Gasteiger partial charge in [0.2, 0.25) is 0 Å². The number of nitrogens with zero attached hydrogens (tertiary/aromatic N) is 2. The molecule has 3 aromatic carbocycles. The van der Waals surface area contributed by atoms with Gasteiger partial charge in [0, 0.05) is 54.2 Å². The standard InChI is InChI=1S/C25H20I2N2O/c1-28-13-18(16-7-3-5-9-22(16)28)24(15-11-20(26)25(30)21(27)12-15)19-14-29(2)23-10-6-4-8-17(19)23/h3-14,24,30H,1-2H3. The molecule has 5 aromatic rings. The Balaban J connectivity index is 1.87. The molecule has 0 spiro atoms. The highest BCUT2D eigenvalue weighted by molar-refractivity contribution is 14.1. The van der Waals surface area contributed by atoms with E-state index in [4.69, 9.17) is 0 Å². The molecule has 0 amide bonds. The maximum Gasteiger partial charge on any atom is 0.142 e. The molecule has 5 heteroatoms. The number of benzene rings is 3. The summed E-state index contributed by atoms with van der Waals surface area (Å²) in [5.74, 6) is 0.416. The van der Waals surface area contributed by atoms with E-state index in [-0.39, 0.29) is 5.92 Å². The topological polar surface area (TPSA) is 30.1 Å². The second-order valence-corrected chi connectivity index (χ2v) is 10.0. The number of halogens is 2. The van der Waals surface area contributed by atoms with Crippen molar-refractivity contribution in [1.29, 1.82) is 0 Å². The number of phenolic OH excluding ortho intramolecular Hbond substituents is 1. The Bertz CT molecular complexity index is 1310. The molecule has 0 aliphatic heterocycles. The smallest absolute Gasteiger partial charge is 0.142 e. The van der Waals surface area contributed by atoms with Gasteiger partial charge >= 0.3 is 0 Å². The van der Waals surface area contributed by atoms with E-state index in [0.29, 0.717) is 5.75 Å². The molecule has 1 N–H and O–H groups in total. The molecule has 150 valence electrons. The van der Waals surface area contributed by atoms with Crippen LogP contribution in [0.5, 0.6) is 5.75 Å². The van der Waals surface area contributed by atoms with E-state index in [1.165, 1.54) is 38.5 Å². The number of aromatic hydroxyl groups is 1. The molecule has 5 rings (SSSR count). The number of para-hydroxylation sites is 2. The van der Waals surface area contributed by atoms with Gasteiger partial charge in [-0.15, -0.1) is 0 Å². The van der Waals surface area contributed by atoms with Crippen molar-refractivity contribution in [3.05, 3.63) is 96.9 Å². The van der Waals surface area contributed by atoms with Crippen LogP contribution in [0.2, 0.25) is 0 Å². The Kier molecular flexibility index (Phi) is 5.05. The molecule has 2 aromatic heterocycles. The van der Waals surface area contributed by atoms with Crippen LogP contribution in [-0.2, 0) is 14.1 Å². The van der Waals surface area contributed by atoms with Crippen molar-refractivity contribution in [3.8, 4) is 5.75 Å². The summed E-state index contributed by atoms with van der Waals surface area (Å²) in [6.07, 6.45) is 4.51. The predicted molar refractivity (Wildman–Crippen MR) is 140 cm³/mol. The van der Waals surface area contributed by atoms with Gasteiger partial charge in [-0.25, -0.2) is 0 Å². The van der Waals surface area contributed by atoms with Crippen LogP contribution in [0.4, 0.5) is 0 Å². The number of phenols is 1. The highest BCUT2D eigenvalue weighted by Gasteiger charge is 2.25. The van der Waals surface area contributed by atoms with E-state index in [2.05, 4.69) is 141 Å². The van der Waals surface area contributed by atoms with Crippen LogP contribution < -0.4 is 0 Å². The Hall–Kier alpha value is -2.00. The average molecular weight is 618 g/mol. The molecule has 0 aliphatic rings. The van der Waals surface area contributed by atoms with Crippen molar-refractivity contribution < 1.29 is 5.11 Å². The van der Waals surface area contributed by atoms with Crippen LogP contribution in [-0.4, -0.2) is 14.2 Å². The van der Waals surface area contributed by atoms with Crippen molar-refractivity contribution >= 4 is 67.0 Å². The van der Waals surface area contributed by atoms with Crippen molar-refractivity contribution in [2.75, 3.05) is 0 Å². The van der Waals surface area contributed by atoms with E-state index in [9.17, 15) is 5.11 Å². The molecular formula is C25H20I2N2O. The number of aryl methyl sites for hydroxylation is 2. The van der Waals surface area contributed by atoms with Gasteiger partial charge in [0.15, 0.2) is 0 Å².